The van der Waals surface area contributed by atoms with E-state index in [0.717, 1.165) is 17.1 Å². The molecule has 11 aromatic carbocycles. The first-order chi connectivity index (χ1) is 33.0. The van der Waals surface area contributed by atoms with Gasteiger partial charge in [0.2, 0.25) is 0 Å². The fourth-order valence-electron chi connectivity index (χ4n) is 10.6. The summed E-state index contributed by atoms with van der Waals surface area (Å²) in [5.41, 5.74) is 17.0. The van der Waals surface area contributed by atoms with Crippen molar-refractivity contribution in [3.8, 4) is 39.1 Å². The maximum Gasteiger partial charge on any atom is 0.0541 e. The third-order valence-electron chi connectivity index (χ3n) is 14.3. The molecule has 0 unspecified atom stereocenters. The molecule has 0 N–H and O–H groups in total. The molecule has 1 heterocycles. The van der Waals surface area contributed by atoms with Crippen LogP contribution >= 0.6 is 0 Å². The van der Waals surface area contributed by atoms with Gasteiger partial charge >= 0.3 is 0 Å². The van der Waals surface area contributed by atoms with Crippen molar-refractivity contribution < 1.29 is 0 Å². The normalized spacial score (nSPS) is 12.3. The SMILES string of the molecule is CC(C)(C)c1ccc2c(c1)c1cc(C(C)(C)C)ccc1n2-c1ccc2ccc3c(N(c4ccc(-c5ccc(-c6ccccc6)cc5)cc4)c4ccccc4-c4ccccc4)ccc4ccc1c2c43. The van der Waals surface area contributed by atoms with Gasteiger partial charge < -0.3 is 9.47 Å². The van der Waals surface area contributed by atoms with E-state index in [-0.39, 0.29) is 10.8 Å². The van der Waals surface area contributed by atoms with Gasteiger partial charge in [-0.15, -0.1) is 0 Å². The minimum atomic E-state index is 0.0293. The lowest BCUT2D eigenvalue weighted by Crippen LogP contribution is -2.12. The number of benzene rings is 11. The van der Waals surface area contributed by atoms with Gasteiger partial charge in [-0.1, -0.05) is 205 Å². The van der Waals surface area contributed by atoms with E-state index < -0.39 is 0 Å². The van der Waals surface area contributed by atoms with Crippen molar-refractivity contribution in [2.24, 2.45) is 0 Å². The Morgan fingerprint density at radius 1 is 0.338 bits per heavy atom. The zero-order chi connectivity index (χ0) is 46.3. The maximum absolute atomic E-state index is 2.52. The van der Waals surface area contributed by atoms with Gasteiger partial charge in [0.15, 0.2) is 0 Å². The topological polar surface area (TPSA) is 8.17 Å². The molecule has 0 atom stereocenters. The number of rotatable bonds is 7. The van der Waals surface area contributed by atoms with E-state index in [4.69, 9.17) is 0 Å². The van der Waals surface area contributed by atoms with Crippen molar-refractivity contribution in [3.05, 3.63) is 230 Å². The highest BCUT2D eigenvalue weighted by atomic mass is 15.1. The van der Waals surface area contributed by atoms with Crippen LogP contribution in [0.15, 0.2) is 218 Å². The van der Waals surface area contributed by atoms with Gasteiger partial charge in [-0.2, -0.15) is 0 Å². The second-order valence-electron chi connectivity index (χ2n) is 20.6. The zero-order valence-electron chi connectivity index (χ0n) is 39.7. The predicted molar refractivity (Wildman–Crippen MR) is 293 cm³/mol. The first kappa shape index (κ1) is 41.5. The van der Waals surface area contributed by atoms with E-state index in [2.05, 4.69) is 269 Å². The number of fused-ring (bicyclic) bond motifs is 3. The number of aromatic nitrogens is 1. The summed E-state index contributed by atoms with van der Waals surface area (Å²) in [5.74, 6) is 0. The Bertz CT molecular complexity index is 3750. The van der Waals surface area contributed by atoms with Crippen LogP contribution in [0.2, 0.25) is 0 Å². The lowest BCUT2D eigenvalue weighted by molar-refractivity contribution is 0.590. The van der Waals surface area contributed by atoms with Gasteiger partial charge in [0.25, 0.3) is 0 Å². The van der Waals surface area contributed by atoms with E-state index in [1.54, 1.807) is 0 Å². The number of para-hydroxylation sites is 1. The second-order valence-corrected chi connectivity index (χ2v) is 20.6. The van der Waals surface area contributed by atoms with Gasteiger partial charge in [-0.3, -0.25) is 0 Å². The predicted octanol–water partition coefficient (Wildman–Crippen LogP) is 18.7. The van der Waals surface area contributed by atoms with Crippen LogP contribution in [0.4, 0.5) is 17.1 Å². The van der Waals surface area contributed by atoms with Crippen LogP contribution in [0.3, 0.4) is 0 Å². The fraction of sp³-hybridized carbons (Fsp3) is 0.121. The molecule has 68 heavy (non-hydrogen) atoms. The quantitative estimate of drug-likeness (QED) is 0.145. The highest BCUT2D eigenvalue weighted by Crippen LogP contribution is 2.48. The van der Waals surface area contributed by atoms with Crippen LogP contribution in [-0.4, -0.2) is 4.57 Å². The molecule has 2 nitrogen and oxygen atoms in total. The third-order valence-corrected chi connectivity index (χ3v) is 14.3. The van der Waals surface area contributed by atoms with E-state index in [1.165, 1.54) is 104 Å². The van der Waals surface area contributed by atoms with Crippen molar-refractivity contribution >= 4 is 71.2 Å². The second kappa shape index (κ2) is 15.9. The van der Waals surface area contributed by atoms with Crippen LogP contribution < -0.4 is 4.90 Å². The lowest BCUT2D eigenvalue weighted by Gasteiger charge is -2.30. The summed E-state index contributed by atoms with van der Waals surface area (Å²) in [6.45, 7) is 13.9. The minimum Gasteiger partial charge on any atom is -0.309 e. The molecule has 0 aliphatic rings. The summed E-state index contributed by atoms with van der Waals surface area (Å²) in [6.07, 6.45) is 0. The molecule has 12 rings (SSSR count). The van der Waals surface area contributed by atoms with Crippen molar-refractivity contribution in [2.75, 3.05) is 4.90 Å². The van der Waals surface area contributed by atoms with Crippen molar-refractivity contribution in [2.45, 2.75) is 52.4 Å². The molecule has 2 heteroatoms. The van der Waals surface area contributed by atoms with Gasteiger partial charge in [0.05, 0.1) is 28.1 Å². The molecule has 0 fully saturated rings. The van der Waals surface area contributed by atoms with Gasteiger partial charge in [0, 0.05) is 32.8 Å². The summed E-state index contributed by atoms with van der Waals surface area (Å²) < 4.78 is 2.52. The zero-order valence-corrected chi connectivity index (χ0v) is 39.7. The maximum atomic E-state index is 2.52. The van der Waals surface area contributed by atoms with Crippen molar-refractivity contribution in [3.63, 3.8) is 0 Å². The Morgan fingerprint density at radius 2 is 0.794 bits per heavy atom. The van der Waals surface area contributed by atoms with E-state index in [1.807, 2.05) is 0 Å². The average Bonchev–Trinajstić information content (AvgIpc) is 3.69. The van der Waals surface area contributed by atoms with Crippen LogP contribution in [0, 0.1) is 0 Å². The van der Waals surface area contributed by atoms with Crippen LogP contribution in [-0.2, 0) is 10.8 Å². The smallest absolute Gasteiger partial charge is 0.0541 e. The molecule has 0 spiro atoms. The van der Waals surface area contributed by atoms with E-state index in [9.17, 15) is 0 Å². The third kappa shape index (κ3) is 6.94. The summed E-state index contributed by atoms with van der Waals surface area (Å²) >= 11 is 0. The van der Waals surface area contributed by atoms with E-state index >= 15 is 0 Å². The highest BCUT2D eigenvalue weighted by Gasteiger charge is 2.25. The monoisotopic (exact) mass is 874 g/mol. The van der Waals surface area contributed by atoms with E-state index in [0.29, 0.717) is 0 Å². The molecule has 328 valence electrons. The Morgan fingerprint density at radius 3 is 1.37 bits per heavy atom. The lowest BCUT2D eigenvalue weighted by atomic mass is 9.85. The fourth-order valence-corrected chi connectivity index (χ4v) is 10.6. The molecule has 0 aliphatic carbocycles. The number of anilines is 3. The first-order valence-corrected chi connectivity index (χ1v) is 24.0. The highest BCUT2D eigenvalue weighted by molar-refractivity contribution is 6.27. The molecule has 0 amide bonds. The molecule has 0 radical (unpaired) electrons. The number of hydrogen-bond donors (Lipinski definition) is 0. The first-order valence-electron chi connectivity index (χ1n) is 24.0. The summed E-state index contributed by atoms with van der Waals surface area (Å²) in [4.78, 5) is 2.48. The minimum absolute atomic E-state index is 0.0293. The van der Waals surface area contributed by atoms with Crippen molar-refractivity contribution in [1.82, 2.24) is 4.57 Å². The van der Waals surface area contributed by atoms with Crippen molar-refractivity contribution in [1.29, 1.82) is 0 Å². The number of nitrogens with zero attached hydrogens (tertiary/aromatic N) is 2. The molecule has 12 aromatic rings. The van der Waals surface area contributed by atoms with Crippen LogP contribution in [0.1, 0.15) is 52.7 Å². The molecule has 0 saturated heterocycles. The van der Waals surface area contributed by atoms with Crippen LogP contribution in [0.5, 0.6) is 0 Å². The van der Waals surface area contributed by atoms with Gasteiger partial charge in [-0.05, 0) is 126 Å². The van der Waals surface area contributed by atoms with Gasteiger partial charge in [0.1, 0.15) is 0 Å². The molecule has 0 saturated carbocycles. The Labute approximate surface area is 399 Å². The molecule has 1 aromatic heterocycles. The summed E-state index contributed by atoms with van der Waals surface area (Å²) in [6, 6.07) is 81.2. The molecule has 0 aliphatic heterocycles. The Hall–Kier alpha value is -7.94. The van der Waals surface area contributed by atoms with Crippen LogP contribution in [0.25, 0.3) is 93.2 Å². The molecular formula is C66H54N2. The summed E-state index contributed by atoms with van der Waals surface area (Å²) in [5, 5.41) is 10.1. The molecular weight excluding hydrogens is 821 g/mol. The van der Waals surface area contributed by atoms with Gasteiger partial charge in [-0.25, -0.2) is 0 Å². The largest absolute Gasteiger partial charge is 0.309 e. The Balaban J connectivity index is 1.06. The number of hydrogen-bond acceptors (Lipinski definition) is 1. The summed E-state index contributed by atoms with van der Waals surface area (Å²) in [7, 11) is 0. The average molecular weight is 875 g/mol. The standard InChI is InChI=1S/C66H54N2/c1-65(2,3)50-31-39-61-56(41-50)57-42-51(66(4,5)6)32-40-62(57)68(61)60-38-30-49-27-35-54-59(37-29-48-28-36-55(60)64(49)63(48)54)67(58-20-14-13-19-53(58)47-17-11-8-12-18-47)52-33-25-46(26-34-52)45-23-21-44(22-24-45)43-15-9-7-10-16-43/h7-42H,1-6H3. The Kier molecular flexibility index (Phi) is 9.67. The molecule has 0 bridgehead atoms.